The molecule has 2 rings (SSSR count). The molecule has 2 heterocycles. The van der Waals surface area contributed by atoms with Gasteiger partial charge in [0, 0.05) is 6.54 Å². The predicted octanol–water partition coefficient (Wildman–Crippen LogP) is 0.0437. The van der Waals surface area contributed by atoms with Crippen LogP contribution in [-0.2, 0) is 4.79 Å². The lowest BCUT2D eigenvalue weighted by Crippen LogP contribution is -2.40. The van der Waals surface area contributed by atoms with Gasteiger partial charge < -0.3 is 5.32 Å². The van der Waals surface area contributed by atoms with Crippen molar-refractivity contribution in [2.24, 2.45) is 0 Å². The van der Waals surface area contributed by atoms with E-state index in [4.69, 9.17) is 0 Å². The zero-order chi connectivity index (χ0) is 8.55. The van der Waals surface area contributed by atoms with E-state index in [1.165, 1.54) is 4.90 Å². The molecule has 1 N–H and O–H groups in total. The summed E-state index contributed by atoms with van der Waals surface area (Å²) in [7, 11) is 0. The molecule has 2 saturated heterocycles. The highest BCUT2D eigenvalue weighted by molar-refractivity contribution is 8.14. The summed E-state index contributed by atoms with van der Waals surface area (Å²) in [5, 5.41) is 3.06. The lowest BCUT2D eigenvalue weighted by molar-refractivity contribution is -0.125. The second kappa shape index (κ2) is 3.06. The van der Waals surface area contributed by atoms with Crippen LogP contribution in [0, 0.1) is 0 Å². The molecule has 0 bridgehead atoms. The van der Waals surface area contributed by atoms with Crippen molar-refractivity contribution in [3.05, 3.63) is 0 Å². The van der Waals surface area contributed by atoms with Crippen LogP contribution in [-0.4, -0.2) is 40.9 Å². The number of carbonyl (C=O) groups is 2. The number of rotatable bonds is 1. The molecule has 2 amide bonds. The monoisotopic (exact) mass is 186 g/mol. The fourth-order valence-electron chi connectivity index (χ4n) is 1.58. The summed E-state index contributed by atoms with van der Waals surface area (Å²) in [5.74, 6) is 0.300. The summed E-state index contributed by atoms with van der Waals surface area (Å²) < 4.78 is 0. The summed E-state index contributed by atoms with van der Waals surface area (Å²) in [6.07, 6.45) is 0.901. The Hall–Kier alpha value is -0.550. The Balaban J connectivity index is 2.09. The van der Waals surface area contributed by atoms with Gasteiger partial charge in [-0.05, 0) is 13.0 Å². The summed E-state index contributed by atoms with van der Waals surface area (Å²) in [4.78, 5) is 23.8. The van der Waals surface area contributed by atoms with Crippen LogP contribution < -0.4 is 5.32 Å². The largest absolute Gasteiger partial charge is 0.315 e. The van der Waals surface area contributed by atoms with E-state index in [1.807, 2.05) is 0 Å². The first-order chi connectivity index (χ1) is 5.79. The fourth-order valence-corrected chi connectivity index (χ4v) is 2.35. The average molecular weight is 186 g/mol. The molecule has 4 nitrogen and oxygen atoms in total. The van der Waals surface area contributed by atoms with Crippen molar-refractivity contribution in [2.45, 2.75) is 12.5 Å². The molecule has 0 spiro atoms. The van der Waals surface area contributed by atoms with Crippen molar-refractivity contribution in [1.29, 1.82) is 0 Å². The third-order valence-electron chi connectivity index (χ3n) is 2.18. The highest BCUT2D eigenvalue weighted by Crippen LogP contribution is 2.23. The van der Waals surface area contributed by atoms with Gasteiger partial charge in [-0.2, -0.15) is 0 Å². The third kappa shape index (κ3) is 1.23. The van der Waals surface area contributed by atoms with Crippen LogP contribution in [0.2, 0.25) is 0 Å². The van der Waals surface area contributed by atoms with E-state index >= 15 is 0 Å². The topological polar surface area (TPSA) is 49.4 Å². The molecule has 12 heavy (non-hydrogen) atoms. The van der Waals surface area contributed by atoms with E-state index in [2.05, 4.69) is 5.32 Å². The van der Waals surface area contributed by atoms with Crippen molar-refractivity contribution in [3.63, 3.8) is 0 Å². The molecule has 2 fully saturated rings. The molecule has 0 aliphatic carbocycles. The van der Waals surface area contributed by atoms with Crippen LogP contribution in [0.25, 0.3) is 0 Å². The van der Waals surface area contributed by atoms with Gasteiger partial charge in [-0.25, -0.2) is 0 Å². The quantitative estimate of drug-likeness (QED) is 0.628. The Kier molecular flexibility index (Phi) is 2.06. The minimum atomic E-state index is -0.0753. The predicted molar refractivity (Wildman–Crippen MR) is 46.0 cm³/mol. The van der Waals surface area contributed by atoms with Crippen molar-refractivity contribution in [3.8, 4) is 0 Å². The van der Waals surface area contributed by atoms with Crippen molar-refractivity contribution in [2.75, 3.05) is 18.8 Å². The van der Waals surface area contributed by atoms with Gasteiger partial charge >= 0.3 is 0 Å². The summed E-state index contributed by atoms with van der Waals surface area (Å²) in [6, 6.07) is 0.111. The summed E-state index contributed by atoms with van der Waals surface area (Å²) in [6.45, 7) is 1.67. The Bertz CT molecular complexity index is 209. The molecule has 0 aromatic carbocycles. The van der Waals surface area contributed by atoms with Gasteiger partial charge in [0.1, 0.15) is 0 Å². The third-order valence-corrected chi connectivity index (χ3v) is 3.02. The molecule has 66 valence electrons. The van der Waals surface area contributed by atoms with Crippen LogP contribution in [0.1, 0.15) is 6.42 Å². The number of imide groups is 1. The number of nitrogens with zero attached hydrogens (tertiary/aromatic N) is 1. The molecule has 0 unspecified atom stereocenters. The summed E-state index contributed by atoms with van der Waals surface area (Å²) >= 11 is 1.11. The molecule has 0 saturated carbocycles. The van der Waals surface area contributed by atoms with E-state index in [0.717, 1.165) is 31.3 Å². The van der Waals surface area contributed by atoms with Crippen molar-refractivity contribution in [1.82, 2.24) is 10.2 Å². The molecular weight excluding hydrogens is 176 g/mol. The highest BCUT2D eigenvalue weighted by atomic mass is 32.2. The number of hydrogen-bond donors (Lipinski definition) is 1. The molecule has 0 aromatic rings. The molecule has 2 aliphatic rings. The van der Waals surface area contributed by atoms with Gasteiger partial charge in [-0.15, -0.1) is 0 Å². The molecule has 0 aromatic heterocycles. The van der Waals surface area contributed by atoms with Gasteiger partial charge in [-0.3, -0.25) is 14.5 Å². The van der Waals surface area contributed by atoms with Crippen LogP contribution in [0.15, 0.2) is 0 Å². The van der Waals surface area contributed by atoms with Crippen LogP contribution >= 0.6 is 11.8 Å². The van der Waals surface area contributed by atoms with E-state index in [0.29, 0.717) is 5.75 Å². The minimum Gasteiger partial charge on any atom is -0.315 e. The van der Waals surface area contributed by atoms with Crippen LogP contribution in [0.5, 0.6) is 0 Å². The molecule has 0 radical (unpaired) electrons. The molecular formula is C7H10N2O2S. The van der Waals surface area contributed by atoms with Gasteiger partial charge in [0.05, 0.1) is 11.8 Å². The normalized spacial score (nSPS) is 30.3. The standard InChI is InChI=1S/C7H10N2O2S/c10-6-4-12-7(11)9(6)5-1-2-8-3-5/h5,8H,1-4H2/t5-/m1/s1. The van der Waals surface area contributed by atoms with Crippen molar-refractivity contribution < 1.29 is 9.59 Å². The zero-order valence-corrected chi connectivity index (χ0v) is 7.39. The Morgan fingerprint density at radius 3 is 2.83 bits per heavy atom. The highest BCUT2D eigenvalue weighted by Gasteiger charge is 2.36. The maximum Gasteiger partial charge on any atom is 0.289 e. The van der Waals surface area contributed by atoms with Gasteiger partial charge in [0.25, 0.3) is 5.24 Å². The number of thioether (sulfide) groups is 1. The average Bonchev–Trinajstić information content (AvgIpc) is 2.61. The molecule has 5 heteroatoms. The molecule has 1 atom stereocenters. The van der Waals surface area contributed by atoms with Crippen molar-refractivity contribution >= 4 is 22.9 Å². The first kappa shape index (κ1) is 8.07. The molecule has 2 aliphatic heterocycles. The van der Waals surface area contributed by atoms with E-state index < -0.39 is 0 Å². The van der Waals surface area contributed by atoms with Crippen LogP contribution in [0.4, 0.5) is 4.79 Å². The number of carbonyl (C=O) groups excluding carboxylic acids is 2. The lowest BCUT2D eigenvalue weighted by Gasteiger charge is -2.19. The Labute approximate surface area is 74.7 Å². The van der Waals surface area contributed by atoms with Gasteiger partial charge in [-0.1, -0.05) is 11.8 Å². The Morgan fingerprint density at radius 2 is 2.33 bits per heavy atom. The van der Waals surface area contributed by atoms with Gasteiger partial charge in [0.15, 0.2) is 0 Å². The number of nitrogens with one attached hydrogen (secondary N) is 1. The maximum absolute atomic E-state index is 11.2. The SMILES string of the molecule is O=C1CSC(=O)N1[C@@H]1CCNC1. The first-order valence-electron chi connectivity index (χ1n) is 3.98. The fraction of sp³-hybridized carbons (Fsp3) is 0.714. The minimum absolute atomic E-state index is 0.0290. The van der Waals surface area contributed by atoms with Gasteiger partial charge in [0.2, 0.25) is 5.91 Å². The first-order valence-corrected chi connectivity index (χ1v) is 4.97. The number of hydrogen-bond acceptors (Lipinski definition) is 4. The lowest BCUT2D eigenvalue weighted by atomic mass is 10.2. The number of amides is 2. The summed E-state index contributed by atoms with van der Waals surface area (Å²) in [5.41, 5.74) is 0. The van der Waals surface area contributed by atoms with E-state index in [9.17, 15) is 9.59 Å². The second-order valence-electron chi connectivity index (χ2n) is 2.96. The maximum atomic E-state index is 11.2. The van der Waals surface area contributed by atoms with E-state index in [-0.39, 0.29) is 17.2 Å². The second-order valence-corrected chi connectivity index (χ2v) is 3.89. The Morgan fingerprint density at radius 1 is 1.50 bits per heavy atom. The van der Waals surface area contributed by atoms with E-state index in [1.54, 1.807) is 0 Å². The smallest absolute Gasteiger partial charge is 0.289 e. The van der Waals surface area contributed by atoms with Crippen LogP contribution in [0.3, 0.4) is 0 Å². The zero-order valence-electron chi connectivity index (χ0n) is 6.58.